The van der Waals surface area contributed by atoms with Crippen LogP contribution in [0.2, 0.25) is 0 Å². The van der Waals surface area contributed by atoms with Gasteiger partial charge in [-0.2, -0.15) is 13.2 Å². The van der Waals surface area contributed by atoms with Crippen LogP contribution >= 0.6 is 0 Å². The number of aliphatic hydroxyl groups is 1. The molecule has 2 bridgehead atoms. The lowest BCUT2D eigenvalue weighted by atomic mass is 9.60. The molecule has 2 fully saturated rings. The maximum Gasteiger partial charge on any atom is 0.424 e. The van der Waals surface area contributed by atoms with Gasteiger partial charge in [-0.3, -0.25) is 0 Å². The van der Waals surface area contributed by atoms with E-state index in [-0.39, 0.29) is 12.5 Å². The smallest absolute Gasteiger partial charge is 0.424 e. The molecule has 0 spiro atoms. The van der Waals surface area contributed by atoms with Crippen molar-refractivity contribution in [1.29, 1.82) is 0 Å². The van der Waals surface area contributed by atoms with Crippen LogP contribution in [0.1, 0.15) is 47.0 Å². The summed E-state index contributed by atoms with van der Waals surface area (Å²) in [6.45, 7) is 7.05. The second-order valence-electron chi connectivity index (χ2n) is 7.49. The van der Waals surface area contributed by atoms with E-state index in [0.29, 0.717) is 6.08 Å². The lowest BCUT2D eigenvalue weighted by Gasteiger charge is -2.47. The summed E-state index contributed by atoms with van der Waals surface area (Å²) >= 11 is 0. The Morgan fingerprint density at radius 2 is 2.00 bits per heavy atom. The number of esters is 1. The first kappa shape index (κ1) is 18.9. The van der Waals surface area contributed by atoms with Crippen molar-refractivity contribution in [3.05, 3.63) is 11.6 Å². The number of hydrogen-bond donors (Lipinski definition) is 1. The maximum atomic E-state index is 13.1. The molecule has 0 saturated heterocycles. The molecule has 134 valence electrons. The van der Waals surface area contributed by atoms with Crippen LogP contribution in [-0.4, -0.2) is 29.5 Å². The highest BCUT2D eigenvalue weighted by atomic mass is 19.4. The Morgan fingerprint density at radius 3 is 2.46 bits per heavy atom. The Bertz CT molecular complexity index is 617. The molecule has 3 nitrogen and oxygen atoms in total. The third-order valence-electron chi connectivity index (χ3n) is 5.80. The highest BCUT2D eigenvalue weighted by Gasteiger charge is 2.68. The molecule has 0 heterocycles. The number of rotatable bonds is 2. The van der Waals surface area contributed by atoms with Crippen molar-refractivity contribution in [2.45, 2.75) is 58.7 Å². The standard InChI is InChI=1S/C18H23F3O3/c1-5-24-14(22)10-12(18(19,20)21)7-9-17(23)15(2,3)13-6-8-16(17,4)11-13/h10,13,23H,5-6,8,11H2,1-4H3/b12-10+. The Labute approximate surface area is 140 Å². The number of hydrogen-bond acceptors (Lipinski definition) is 3. The number of ether oxygens (including phenoxy) is 1. The zero-order valence-electron chi connectivity index (χ0n) is 14.4. The summed E-state index contributed by atoms with van der Waals surface area (Å²) in [5, 5.41) is 11.1. The predicted octanol–water partition coefficient (Wildman–Crippen LogP) is 3.62. The summed E-state index contributed by atoms with van der Waals surface area (Å²) in [4.78, 5) is 11.4. The molecule has 0 amide bonds. The van der Waals surface area contributed by atoms with Crippen LogP contribution in [0.25, 0.3) is 0 Å². The second-order valence-corrected chi connectivity index (χ2v) is 7.49. The molecule has 2 rings (SSSR count). The average Bonchev–Trinajstić information content (AvgIpc) is 2.91. The number of carbonyl (C=O) groups is 1. The SMILES string of the molecule is CCOC(=O)/C=C(\C#CC1(O)C2(C)CCC(C2)C1(C)C)C(F)(F)F. The first-order valence-corrected chi connectivity index (χ1v) is 8.08. The van der Waals surface area contributed by atoms with E-state index in [9.17, 15) is 23.1 Å². The summed E-state index contributed by atoms with van der Waals surface area (Å²) < 4.78 is 43.9. The Morgan fingerprint density at radius 1 is 1.38 bits per heavy atom. The average molecular weight is 344 g/mol. The fourth-order valence-corrected chi connectivity index (χ4v) is 4.22. The molecule has 0 aromatic heterocycles. The van der Waals surface area contributed by atoms with Crippen LogP contribution in [0.3, 0.4) is 0 Å². The van der Waals surface area contributed by atoms with Gasteiger partial charge >= 0.3 is 12.1 Å². The minimum Gasteiger partial charge on any atom is -0.463 e. The molecule has 2 saturated carbocycles. The highest BCUT2D eigenvalue weighted by molar-refractivity contribution is 5.84. The second kappa shape index (κ2) is 5.80. The van der Waals surface area contributed by atoms with Crippen molar-refractivity contribution in [2.24, 2.45) is 16.7 Å². The third kappa shape index (κ3) is 2.83. The molecule has 24 heavy (non-hydrogen) atoms. The van der Waals surface area contributed by atoms with Crippen molar-refractivity contribution >= 4 is 5.97 Å². The summed E-state index contributed by atoms with van der Waals surface area (Å²) in [5.74, 6) is 3.65. The summed E-state index contributed by atoms with van der Waals surface area (Å²) in [5.41, 5.74) is -3.96. The predicted molar refractivity (Wildman–Crippen MR) is 82.7 cm³/mol. The summed E-state index contributed by atoms with van der Waals surface area (Å²) in [7, 11) is 0. The van der Waals surface area contributed by atoms with E-state index in [1.807, 2.05) is 26.7 Å². The first-order valence-electron chi connectivity index (χ1n) is 8.08. The monoisotopic (exact) mass is 344 g/mol. The number of alkyl halides is 3. The molecule has 0 aliphatic heterocycles. The molecule has 2 aliphatic carbocycles. The number of halogens is 3. The quantitative estimate of drug-likeness (QED) is 0.473. The highest BCUT2D eigenvalue weighted by Crippen LogP contribution is 2.67. The minimum atomic E-state index is -4.78. The van der Waals surface area contributed by atoms with Crippen molar-refractivity contribution < 1.29 is 27.8 Å². The van der Waals surface area contributed by atoms with Gasteiger partial charge in [0, 0.05) is 16.9 Å². The van der Waals surface area contributed by atoms with E-state index in [4.69, 9.17) is 0 Å². The van der Waals surface area contributed by atoms with Gasteiger partial charge in [-0.05, 0) is 32.1 Å². The zero-order valence-corrected chi connectivity index (χ0v) is 14.4. The van der Waals surface area contributed by atoms with Gasteiger partial charge in [0.1, 0.15) is 11.2 Å². The van der Waals surface area contributed by atoms with Crippen molar-refractivity contribution in [3.63, 3.8) is 0 Å². The van der Waals surface area contributed by atoms with E-state index in [1.165, 1.54) is 6.92 Å². The van der Waals surface area contributed by atoms with E-state index in [2.05, 4.69) is 10.7 Å². The number of carbonyl (C=O) groups excluding carboxylic acids is 1. The lowest BCUT2D eigenvalue weighted by molar-refractivity contribution is -0.138. The van der Waals surface area contributed by atoms with Crippen LogP contribution in [0.4, 0.5) is 13.2 Å². The van der Waals surface area contributed by atoms with Crippen LogP contribution in [0.15, 0.2) is 11.6 Å². The van der Waals surface area contributed by atoms with Crippen LogP contribution in [0.5, 0.6) is 0 Å². The number of allylic oxidation sites excluding steroid dienone is 1. The minimum absolute atomic E-state index is 0.0232. The first-order chi connectivity index (χ1) is 10.9. The van der Waals surface area contributed by atoms with Gasteiger partial charge < -0.3 is 9.84 Å². The van der Waals surface area contributed by atoms with E-state index in [0.717, 1.165) is 19.3 Å². The van der Waals surface area contributed by atoms with E-state index in [1.54, 1.807) is 0 Å². The molecule has 0 radical (unpaired) electrons. The van der Waals surface area contributed by atoms with Crippen molar-refractivity contribution in [1.82, 2.24) is 0 Å². The van der Waals surface area contributed by atoms with Gasteiger partial charge in [-0.25, -0.2) is 4.79 Å². The molecule has 0 aromatic rings. The van der Waals surface area contributed by atoms with Crippen molar-refractivity contribution in [2.75, 3.05) is 6.61 Å². The Hall–Kier alpha value is -1.48. The van der Waals surface area contributed by atoms with Crippen LogP contribution in [-0.2, 0) is 9.53 Å². The molecular weight excluding hydrogens is 321 g/mol. The fourth-order valence-electron chi connectivity index (χ4n) is 4.22. The molecule has 3 atom stereocenters. The largest absolute Gasteiger partial charge is 0.463 e. The van der Waals surface area contributed by atoms with E-state index < -0.39 is 34.1 Å². The van der Waals surface area contributed by atoms with Gasteiger partial charge in [0.05, 0.1) is 6.61 Å². The Kier molecular flexibility index (Phi) is 4.56. The Balaban J connectivity index is 2.43. The summed E-state index contributed by atoms with van der Waals surface area (Å²) in [6, 6.07) is 0. The molecule has 1 N–H and O–H groups in total. The molecule has 2 aliphatic rings. The van der Waals surface area contributed by atoms with Gasteiger partial charge in [-0.15, -0.1) is 0 Å². The maximum absolute atomic E-state index is 13.1. The van der Waals surface area contributed by atoms with E-state index >= 15 is 0 Å². The molecule has 6 heteroatoms. The molecular formula is C18H23F3O3. The topological polar surface area (TPSA) is 46.5 Å². The van der Waals surface area contributed by atoms with Crippen LogP contribution < -0.4 is 0 Å². The fraction of sp³-hybridized carbons (Fsp3) is 0.722. The van der Waals surface area contributed by atoms with Crippen LogP contribution in [0, 0.1) is 28.6 Å². The molecule has 0 aromatic carbocycles. The zero-order chi connectivity index (χ0) is 18.4. The third-order valence-corrected chi connectivity index (χ3v) is 5.80. The number of fused-ring (bicyclic) bond motifs is 2. The van der Waals surface area contributed by atoms with Crippen molar-refractivity contribution in [3.8, 4) is 11.8 Å². The normalized spacial score (nSPS) is 34.7. The van der Waals surface area contributed by atoms with Gasteiger partial charge in [0.2, 0.25) is 0 Å². The lowest BCUT2D eigenvalue weighted by Crippen LogP contribution is -2.53. The van der Waals surface area contributed by atoms with Gasteiger partial charge in [0.15, 0.2) is 0 Å². The summed E-state index contributed by atoms with van der Waals surface area (Å²) in [6.07, 6.45) is -2.01. The van der Waals surface area contributed by atoms with Gasteiger partial charge in [0.25, 0.3) is 0 Å². The molecule has 3 unspecified atom stereocenters. The van der Waals surface area contributed by atoms with Gasteiger partial charge in [-0.1, -0.05) is 32.6 Å².